The molecule has 2 heterocycles. The molecular formula is C26H25FN5O3+. The van der Waals surface area contributed by atoms with Crippen molar-refractivity contribution in [3.63, 3.8) is 0 Å². The normalized spacial score (nSPS) is 11.5. The van der Waals surface area contributed by atoms with E-state index in [-0.39, 0.29) is 17.6 Å². The van der Waals surface area contributed by atoms with Crippen molar-refractivity contribution in [2.24, 2.45) is 7.05 Å². The zero-order chi connectivity index (χ0) is 24.8. The minimum absolute atomic E-state index is 0.298. The lowest BCUT2D eigenvalue weighted by Crippen LogP contribution is -2.46. The van der Waals surface area contributed by atoms with Crippen LogP contribution >= 0.6 is 0 Å². The number of hydrogen-bond acceptors (Lipinski definition) is 4. The van der Waals surface area contributed by atoms with Crippen molar-refractivity contribution in [1.29, 1.82) is 0 Å². The molecule has 3 N–H and O–H groups in total. The highest BCUT2D eigenvalue weighted by Crippen LogP contribution is 2.26. The summed E-state index contributed by atoms with van der Waals surface area (Å²) in [6, 6.07) is 17.6. The van der Waals surface area contributed by atoms with Gasteiger partial charge in [-0.1, -0.05) is 6.07 Å². The van der Waals surface area contributed by atoms with Gasteiger partial charge in [0.25, 0.3) is 0 Å². The second-order valence-electron chi connectivity index (χ2n) is 7.98. The molecule has 0 saturated heterocycles. The largest absolute Gasteiger partial charge is 0.457 e. The smallest absolute Gasteiger partial charge is 0.248 e. The first-order valence-corrected chi connectivity index (χ1v) is 11.0. The molecule has 0 radical (unpaired) electrons. The Kier molecular flexibility index (Phi) is 7.15. The molecule has 2 aromatic heterocycles. The van der Waals surface area contributed by atoms with E-state index in [1.165, 1.54) is 19.1 Å². The van der Waals surface area contributed by atoms with E-state index in [1.807, 2.05) is 29.8 Å². The van der Waals surface area contributed by atoms with E-state index in [2.05, 4.69) is 20.6 Å². The van der Waals surface area contributed by atoms with Crippen molar-refractivity contribution in [2.45, 2.75) is 19.4 Å². The number of carbonyl (C=O) groups excluding carboxylic acids is 2. The third kappa shape index (κ3) is 6.29. The highest BCUT2D eigenvalue weighted by Gasteiger charge is 2.23. The molecule has 2 amide bonds. The second kappa shape index (κ2) is 10.6. The zero-order valence-corrected chi connectivity index (χ0v) is 19.3. The lowest BCUT2D eigenvalue weighted by atomic mass is 10.1. The Bertz CT molecular complexity index is 1320. The van der Waals surface area contributed by atoms with Crippen LogP contribution in [0, 0.1) is 5.82 Å². The Balaban J connectivity index is 1.45. The summed E-state index contributed by atoms with van der Waals surface area (Å²) in [5, 5.41) is 5.50. The minimum atomic E-state index is -0.761. The summed E-state index contributed by atoms with van der Waals surface area (Å²) in [6.07, 6.45) is 3.87. The first kappa shape index (κ1) is 23.6. The predicted octanol–water partition coefficient (Wildman–Crippen LogP) is 3.52. The molecule has 4 rings (SSSR count). The molecule has 2 aromatic carbocycles. The molecule has 1 atom stereocenters. The molecule has 8 nitrogen and oxygen atoms in total. The SMILES string of the molecule is CC(=O)N[C@@H](Cc1c[nH]c[n+]1C)C(=O)Nc1cccc(-c2ccc(Oc3ccc(F)cc3)cc2)n1. The van der Waals surface area contributed by atoms with Gasteiger partial charge in [0, 0.05) is 18.9 Å². The number of aromatic amines is 1. The van der Waals surface area contributed by atoms with Crippen molar-refractivity contribution in [2.75, 3.05) is 5.32 Å². The average molecular weight is 475 g/mol. The Morgan fingerprint density at radius 1 is 1.06 bits per heavy atom. The number of benzene rings is 2. The number of hydrogen-bond donors (Lipinski definition) is 3. The van der Waals surface area contributed by atoms with Crippen molar-refractivity contribution in [1.82, 2.24) is 15.3 Å². The topological polar surface area (TPSA) is 100.0 Å². The number of anilines is 1. The molecule has 178 valence electrons. The maximum Gasteiger partial charge on any atom is 0.248 e. The Morgan fingerprint density at radius 2 is 1.74 bits per heavy atom. The number of aromatic nitrogens is 3. The maximum absolute atomic E-state index is 13.1. The second-order valence-corrected chi connectivity index (χ2v) is 7.98. The molecule has 0 aliphatic rings. The molecule has 0 saturated carbocycles. The lowest BCUT2D eigenvalue weighted by molar-refractivity contribution is -0.677. The molecule has 35 heavy (non-hydrogen) atoms. The van der Waals surface area contributed by atoms with Gasteiger partial charge in [-0.3, -0.25) is 9.59 Å². The summed E-state index contributed by atoms with van der Waals surface area (Å²) < 4.78 is 20.6. The number of carbonyl (C=O) groups is 2. The van der Waals surface area contributed by atoms with E-state index in [0.717, 1.165) is 11.3 Å². The van der Waals surface area contributed by atoms with Crippen LogP contribution in [-0.4, -0.2) is 27.8 Å². The van der Waals surface area contributed by atoms with Gasteiger partial charge in [-0.25, -0.2) is 18.9 Å². The Hall–Kier alpha value is -4.53. The van der Waals surface area contributed by atoms with Crippen LogP contribution in [0.2, 0.25) is 0 Å². The first-order chi connectivity index (χ1) is 16.9. The molecule has 0 aliphatic heterocycles. The average Bonchev–Trinajstić information content (AvgIpc) is 3.25. The van der Waals surface area contributed by atoms with E-state index in [9.17, 15) is 14.0 Å². The number of rotatable bonds is 8. The van der Waals surface area contributed by atoms with Crippen LogP contribution in [0.15, 0.2) is 79.3 Å². The maximum atomic E-state index is 13.1. The van der Waals surface area contributed by atoms with E-state index in [4.69, 9.17) is 4.74 Å². The summed E-state index contributed by atoms with van der Waals surface area (Å²) >= 11 is 0. The van der Waals surface area contributed by atoms with Gasteiger partial charge >= 0.3 is 0 Å². The highest BCUT2D eigenvalue weighted by molar-refractivity contribution is 5.96. The van der Waals surface area contributed by atoms with Gasteiger partial charge in [0.15, 0.2) is 0 Å². The fraction of sp³-hybridized carbons (Fsp3) is 0.154. The number of nitrogens with one attached hydrogen (secondary N) is 3. The first-order valence-electron chi connectivity index (χ1n) is 11.0. The van der Waals surface area contributed by atoms with Crippen molar-refractivity contribution in [3.05, 3.63) is 90.8 Å². The van der Waals surface area contributed by atoms with Crippen molar-refractivity contribution < 1.29 is 23.3 Å². The van der Waals surface area contributed by atoms with Gasteiger partial charge in [-0.2, -0.15) is 0 Å². The minimum Gasteiger partial charge on any atom is -0.457 e. The number of halogens is 1. The van der Waals surface area contributed by atoms with Crippen LogP contribution in [-0.2, 0) is 23.1 Å². The van der Waals surface area contributed by atoms with Gasteiger partial charge in [-0.05, 0) is 60.7 Å². The van der Waals surface area contributed by atoms with Gasteiger partial charge in [-0.15, -0.1) is 0 Å². The summed E-state index contributed by atoms with van der Waals surface area (Å²) in [5.41, 5.74) is 2.35. The summed E-state index contributed by atoms with van der Waals surface area (Å²) in [7, 11) is 1.86. The number of pyridine rings is 1. The Morgan fingerprint density at radius 3 is 2.37 bits per heavy atom. The number of imidazole rings is 1. The van der Waals surface area contributed by atoms with Crippen LogP contribution in [0.4, 0.5) is 10.2 Å². The number of H-pyrrole nitrogens is 1. The molecule has 9 heteroatoms. The molecule has 0 aliphatic carbocycles. The fourth-order valence-corrected chi connectivity index (χ4v) is 3.51. The highest BCUT2D eigenvalue weighted by atomic mass is 19.1. The van der Waals surface area contributed by atoms with Crippen LogP contribution in [0.25, 0.3) is 11.3 Å². The number of aryl methyl sites for hydroxylation is 1. The van der Waals surface area contributed by atoms with Crippen molar-refractivity contribution in [3.8, 4) is 22.8 Å². The van der Waals surface area contributed by atoms with E-state index < -0.39 is 6.04 Å². The number of amides is 2. The van der Waals surface area contributed by atoms with Gasteiger partial charge in [0.2, 0.25) is 18.1 Å². The standard InChI is InChI=1S/C26H24FN5O3/c1-17(33)29-24(14-20-15-28-16-32(20)2)26(34)31-25-5-3-4-23(30-25)18-6-10-21(11-7-18)35-22-12-8-19(27)9-13-22/h3-13,15-16,24H,14H2,1-2H3,(H2,29,30,31,33,34)/p+1/t24-/m0/s1. The van der Waals surface area contributed by atoms with Crippen LogP contribution in [0.1, 0.15) is 12.6 Å². The predicted molar refractivity (Wildman–Crippen MR) is 128 cm³/mol. The van der Waals surface area contributed by atoms with E-state index in [0.29, 0.717) is 29.4 Å². The Labute approximate surface area is 201 Å². The molecular weight excluding hydrogens is 449 g/mol. The van der Waals surface area contributed by atoms with Gasteiger partial charge < -0.3 is 15.4 Å². The summed E-state index contributed by atoms with van der Waals surface area (Å²) in [6.45, 7) is 1.37. The summed E-state index contributed by atoms with van der Waals surface area (Å²) in [4.78, 5) is 32.1. The molecule has 0 unspecified atom stereocenters. The molecule has 0 fully saturated rings. The van der Waals surface area contributed by atoms with Gasteiger partial charge in [0.05, 0.1) is 12.7 Å². The molecule has 0 spiro atoms. The third-order valence-electron chi connectivity index (χ3n) is 5.28. The monoisotopic (exact) mass is 474 g/mol. The lowest BCUT2D eigenvalue weighted by Gasteiger charge is -2.16. The molecule has 4 aromatic rings. The fourth-order valence-electron chi connectivity index (χ4n) is 3.51. The zero-order valence-electron chi connectivity index (χ0n) is 19.3. The van der Waals surface area contributed by atoms with E-state index in [1.54, 1.807) is 48.9 Å². The summed E-state index contributed by atoms with van der Waals surface area (Å²) in [5.74, 6) is 0.507. The van der Waals surface area contributed by atoms with Crippen LogP contribution in [0.3, 0.4) is 0 Å². The van der Waals surface area contributed by atoms with Crippen molar-refractivity contribution >= 4 is 17.6 Å². The number of ether oxygens (including phenoxy) is 1. The quantitative estimate of drug-likeness (QED) is 0.340. The van der Waals surface area contributed by atoms with E-state index >= 15 is 0 Å². The van der Waals surface area contributed by atoms with Crippen LogP contribution in [0.5, 0.6) is 11.5 Å². The molecule has 0 bridgehead atoms. The van der Waals surface area contributed by atoms with Crippen LogP contribution < -0.4 is 19.9 Å². The van der Waals surface area contributed by atoms with Gasteiger partial charge in [0.1, 0.15) is 41.1 Å². The third-order valence-corrected chi connectivity index (χ3v) is 5.28. The number of nitrogens with zero attached hydrogens (tertiary/aromatic N) is 2.